The number of thiazole rings is 1. The lowest BCUT2D eigenvalue weighted by Crippen LogP contribution is -2.32. The Morgan fingerprint density at radius 2 is 1.72 bits per heavy atom. The van der Waals surface area contributed by atoms with Crippen molar-refractivity contribution in [2.24, 2.45) is 0 Å². The van der Waals surface area contributed by atoms with Crippen molar-refractivity contribution in [3.63, 3.8) is 0 Å². The van der Waals surface area contributed by atoms with Crippen molar-refractivity contribution in [2.75, 3.05) is 6.54 Å². The smallest absolute Gasteiger partial charge is 0.266 e. The molecule has 0 aliphatic heterocycles. The molecule has 2 aromatic heterocycles. The topological polar surface area (TPSA) is 76.9 Å². The van der Waals surface area contributed by atoms with Gasteiger partial charge in [-0.1, -0.05) is 47.5 Å². The fraction of sp³-hybridized carbons (Fsp3) is 0.200. The second kappa shape index (κ2) is 9.28. The first-order valence-electron chi connectivity index (χ1n) is 10.4. The molecule has 0 bridgehead atoms. The Balaban J connectivity index is 1.49. The van der Waals surface area contributed by atoms with E-state index >= 15 is 0 Å². The predicted octanol–water partition coefficient (Wildman–Crippen LogP) is 4.39. The molecule has 2 aromatic carbocycles. The maximum absolute atomic E-state index is 12.5. The van der Waals surface area contributed by atoms with E-state index in [2.05, 4.69) is 15.4 Å². The molecule has 0 spiro atoms. The first-order valence-corrected chi connectivity index (χ1v) is 11.2. The molecule has 0 aliphatic rings. The van der Waals surface area contributed by atoms with Crippen molar-refractivity contribution in [1.82, 2.24) is 20.1 Å². The molecule has 1 N–H and O–H groups in total. The van der Waals surface area contributed by atoms with Gasteiger partial charge in [0, 0.05) is 23.7 Å². The molecule has 0 saturated carbocycles. The molecule has 4 rings (SSSR count). The van der Waals surface area contributed by atoms with Crippen LogP contribution in [0.15, 0.2) is 65.5 Å². The summed E-state index contributed by atoms with van der Waals surface area (Å²) in [6, 6.07) is 18.9. The van der Waals surface area contributed by atoms with Crippen LogP contribution < -0.4 is 10.9 Å². The van der Waals surface area contributed by atoms with Gasteiger partial charge in [0.15, 0.2) is 0 Å². The standard InChI is InChI=1S/C25H24N4O2S/c1-16-13-17(2)15-20(14-16)24(31)26-11-12-29-22(30)10-9-21(28-29)23-18(3)27-25(32-23)19-7-5-4-6-8-19/h4-10,13-15H,11-12H2,1-3H3,(H,26,31). The second-order valence-corrected chi connectivity index (χ2v) is 8.71. The third-order valence-corrected chi connectivity index (χ3v) is 6.24. The molecule has 32 heavy (non-hydrogen) atoms. The number of aryl methyl sites for hydroxylation is 3. The van der Waals surface area contributed by atoms with Crippen molar-refractivity contribution < 1.29 is 4.79 Å². The number of benzene rings is 2. The lowest BCUT2D eigenvalue weighted by atomic mass is 10.1. The lowest BCUT2D eigenvalue weighted by molar-refractivity contribution is 0.0951. The Morgan fingerprint density at radius 1 is 1.00 bits per heavy atom. The zero-order valence-corrected chi connectivity index (χ0v) is 19.1. The predicted molar refractivity (Wildman–Crippen MR) is 128 cm³/mol. The number of rotatable bonds is 6. The molecule has 1 amide bonds. The van der Waals surface area contributed by atoms with Crippen molar-refractivity contribution in [3.8, 4) is 21.1 Å². The summed E-state index contributed by atoms with van der Waals surface area (Å²) in [6.07, 6.45) is 0. The normalized spacial score (nSPS) is 10.8. The summed E-state index contributed by atoms with van der Waals surface area (Å²) in [7, 11) is 0. The molecule has 6 nitrogen and oxygen atoms in total. The van der Waals surface area contributed by atoms with E-state index in [0.717, 1.165) is 32.3 Å². The summed E-state index contributed by atoms with van der Waals surface area (Å²) >= 11 is 1.55. The largest absolute Gasteiger partial charge is 0.350 e. The van der Waals surface area contributed by atoms with E-state index in [-0.39, 0.29) is 18.0 Å². The molecule has 2 heterocycles. The van der Waals surface area contributed by atoms with Gasteiger partial charge in [-0.05, 0) is 39.0 Å². The van der Waals surface area contributed by atoms with Gasteiger partial charge in [-0.2, -0.15) is 5.10 Å². The highest BCUT2D eigenvalue weighted by Gasteiger charge is 2.14. The molecule has 0 aliphatic carbocycles. The van der Waals surface area contributed by atoms with Crippen LogP contribution in [0.4, 0.5) is 0 Å². The van der Waals surface area contributed by atoms with Gasteiger partial charge in [-0.25, -0.2) is 9.67 Å². The monoisotopic (exact) mass is 444 g/mol. The van der Waals surface area contributed by atoms with Gasteiger partial charge in [-0.15, -0.1) is 11.3 Å². The zero-order valence-electron chi connectivity index (χ0n) is 18.3. The quantitative estimate of drug-likeness (QED) is 0.479. The fourth-order valence-electron chi connectivity index (χ4n) is 3.55. The summed E-state index contributed by atoms with van der Waals surface area (Å²) in [5, 5.41) is 8.32. The number of aromatic nitrogens is 3. The molecule has 162 valence electrons. The van der Waals surface area contributed by atoms with Gasteiger partial charge in [0.1, 0.15) is 10.7 Å². The molecular formula is C25H24N4O2S. The Morgan fingerprint density at radius 3 is 2.44 bits per heavy atom. The first-order chi connectivity index (χ1) is 15.4. The van der Waals surface area contributed by atoms with Crippen LogP contribution in [-0.4, -0.2) is 27.2 Å². The number of carbonyl (C=O) groups is 1. The van der Waals surface area contributed by atoms with Crippen molar-refractivity contribution in [3.05, 3.63) is 93.4 Å². The van der Waals surface area contributed by atoms with Crippen LogP contribution in [0, 0.1) is 20.8 Å². The van der Waals surface area contributed by atoms with Gasteiger partial charge in [-0.3, -0.25) is 9.59 Å². The molecule has 0 unspecified atom stereocenters. The van der Waals surface area contributed by atoms with Crippen LogP contribution in [0.25, 0.3) is 21.1 Å². The van der Waals surface area contributed by atoms with Gasteiger partial charge in [0.2, 0.25) is 0 Å². The van der Waals surface area contributed by atoms with E-state index in [9.17, 15) is 9.59 Å². The summed E-state index contributed by atoms with van der Waals surface area (Å²) < 4.78 is 1.39. The summed E-state index contributed by atoms with van der Waals surface area (Å²) in [5.74, 6) is -0.160. The minimum Gasteiger partial charge on any atom is -0.350 e. The van der Waals surface area contributed by atoms with Gasteiger partial charge in [0.05, 0.1) is 17.1 Å². The molecule has 0 saturated heterocycles. The number of hydrogen-bond donors (Lipinski definition) is 1. The average molecular weight is 445 g/mol. The third kappa shape index (κ3) is 4.84. The van der Waals surface area contributed by atoms with Crippen LogP contribution in [0.5, 0.6) is 0 Å². The molecule has 7 heteroatoms. The zero-order chi connectivity index (χ0) is 22.7. The Kier molecular flexibility index (Phi) is 6.28. The van der Waals surface area contributed by atoms with E-state index < -0.39 is 0 Å². The summed E-state index contributed by atoms with van der Waals surface area (Å²) in [4.78, 5) is 30.4. The molecule has 0 fully saturated rings. The molecule has 0 atom stereocenters. The van der Waals surface area contributed by atoms with Crippen molar-refractivity contribution in [1.29, 1.82) is 0 Å². The van der Waals surface area contributed by atoms with Crippen LogP contribution in [0.1, 0.15) is 27.2 Å². The van der Waals surface area contributed by atoms with Gasteiger partial charge >= 0.3 is 0 Å². The highest BCUT2D eigenvalue weighted by atomic mass is 32.1. The Bertz CT molecular complexity index is 1310. The maximum atomic E-state index is 12.5. The number of nitrogens with one attached hydrogen (secondary N) is 1. The second-order valence-electron chi connectivity index (χ2n) is 7.71. The van der Waals surface area contributed by atoms with E-state index in [4.69, 9.17) is 0 Å². The lowest BCUT2D eigenvalue weighted by Gasteiger charge is -2.09. The first kappa shape index (κ1) is 21.6. The van der Waals surface area contributed by atoms with Crippen molar-refractivity contribution >= 4 is 17.2 Å². The molecule has 0 radical (unpaired) electrons. The molecular weight excluding hydrogens is 420 g/mol. The third-order valence-electron chi connectivity index (χ3n) is 5.01. The van der Waals surface area contributed by atoms with Crippen molar-refractivity contribution in [2.45, 2.75) is 27.3 Å². The number of hydrogen-bond acceptors (Lipinski definition) is 5. The number of amides is 1. The molecule has 4 aromatic rings. The summed E-state index contributed by atoms with van der Waals surface area (Å²) in [6.45, 7) is 6.46. The minimum absolute atomic E-state index is 0.160. The van der Waals surface area contributed by atoms with Crippen LogP contribution >= 0.6 is 11.3 Å². The Hall–Kier alpha value is -3.58. The average Bonchev–Trinajstić information content (AvgIpc) is 3.16. The summed E-state index contributed by atoms with van der Waals surface area (Å²) in [5.41, 5.74) is 5.10. The number of nitrogens with zero attached hydrogens (tertiary/aromatic N) is 3. The SMILES string of the molecule is Cc1cc(C)cc(C(=O)NCCn2nc(-c3sc(-c4ccccc4)nc3C)ccc2=O)c1. The minimum atomic E-state index is -0.208. The van der Waals surface area contributed by atoms with Crippen LogP contribution in [-0.2, 0) is 6.54 Å². The number of carbonyl (C=O) groups excluding carboxylic acids is 1. The van der Waals surface area contributed by atoms with E-state index in [1.807, 2.05) is 69.3 Å². The van der Waals surface area contributed by atoms with E-state index in [1.54, 1.807) is 17.4 Å². The van der Waals surface area contributed by atoms with E-state index in [0.29, 0.717) is 17.8 Å². The van der Waals surface area contributed by atoms with Gasteiger partial charge < -0.3 is 5.32 Å². The highest BCUT2D eigenvalue weighted by Crippen LogP contribution is 2.33. The highest BCUT2D eigenvalue weighted by molar-refractivity contribution is 7.18. The van der Waals surface area contributed by atoms with Crippen LogP contribution in [0.3, 0.4) is 0 Å². The Labute approximate surface area is 190 Å². The van der Waals surface area contributed by atoms with Gasteiger partial charge in [0.25, 0.3) is 11.5 Å². The maximum Gasteiger partial charge on any atom is 0.266 e. The van der Waals surface area contributed by atoms with Crippen LogP contribution in [0.2, 0.25) is 0 Å². The van der Waals surface area contributed by atoms with E-state index in [1.165, 1.54) is 10.7 Å². The fourth-order valence-corrected chi connectivity index (χ4v) is 4.59.